The fourth-order valence-corrected chi connectivity index (χ4v) is 5.32. The van der Waals surface area contributed by atoms with Crippen LogP contribution in [0, 0.1) is 11.7 Å². The molecule has 0 radical (unpaired) electrons. The molecule has 34 heavy (non-hydrogen) atoms. The summed E-state index contributed by atoms with van der Waals surface area (Å²) in [7, 11) is 1.89. The van der Waals surface area contributed by atoms with Gasteiger partial charge in [-0.1, -0.05) is 6.07 Å². The van der Waals surface area contributed by atoms with E-state index in [2.05, 4.69) is 14.9 Å². The van der Waals surface area contributed by atoms with Crippen LogP contribution in [0.3, 0.4) is 0 Å². The van der Waals surface area contributed by atoms with E-state index in [-0.39, 0.29) is 17.8 Å². The molecule has 3 aliphatic rings. The van der Waals surface area contributed by atoms with Crippen LogP contribution < -0.4 is 4.74 Å². The van der Waals surface area contributed by atoms with E-state index in [1.54, 1.807) is 12.1 Å². The Morgan fingerprint density at radius 3 is 2.65 bits per heavy atom. The van der Waals surface area contributed by atoms with E-state index in [1.807, 2.05) is 18.0 Å². The molecule has 0 N–H and O–H groups in total. The molecule has 5 rings (SSSR count). The van der Waals surface area contributed by atoms with E-state index in [0.717, 1.165) is 44.1 Å². The van der Waals surface area contributed by atoms with Crippen LogP contribution in [0.5, 0.6) is 11.8 Å². The maximum Gasteiger partial charge on any atom is 0.339 e. The van der Waals surface area contributed by atoms with E-state index < -0.39 is 17.4 Å². The summed E-state index contributed by atoms with van der Waals surface area (Å²) in [5, 5.41) is 0. The lowest BCUT2D eigenvalue weighted by atomic mass is 9.74. The first-order valence-electron chi connectivity index (χ1n) is 11.9. The number of likely N-dealkylation sites (N-methyl/N-ethyl adjacent to an activating group) is 1. The number of likely N-dealkylation sites (tertiary alicyclic amines) is 1. The smallest absolute Gasteiger partial charge is 0.339 e. The van der Waals surface area contributed by atoms with Crippen molar-refractivity contribution in [3.05, 3.63) is 47.5 Å². The number of hydrogen-bond donors (Lipinski definition) is 0. The molecule has 0 atom stereocenters. The van der Waals surface area contributed by atoms with Gasteiger partial charge in [-0.2, -0.15) is 0 Å². The van der Waals surface area contributed by atoms with Crippen molar-refractivity contribution in [3.63, 3.8) is 0 Å². The summed E-state index contributed by atoms with van der Waals surface area (Å²) >= 11 is 0. The predicted molar refractivity (Wildman–Crippen MR) is 121 cm³/mol. The third-order valence-electron chi connectivity index (χ3n) is 7.26. The van der Waals surface area contributed by atoms with Crippen molar-refractivity contribution in [2.45, 2.75) is 44.1 Å². The number of aromatic nitrogens is 2. The SMILES string of the molecule is CN(CCN1CCCC1)C(=O)C1CCC2(CC1)OC(=O)c1cc(Oc3ncc(F)cn3)ccc12. The minimum Gasteiger partial charge on any atom is -0.451 e. The summed E-state index contributed by atoms with van der Waals surface area (Å²) in [4.78, 5) is 37.5. The van der Waals surface area contributed by atoms with E-state index in [9.17, 15) is 14.0 Å². The van der Waals surface area contributed by atoms with Crippen molar-refractivity contribution in [1.82, 2.24) is 19.8 Å². The van der Waals surface area contributed by atoms with Crippen molar-refractivity contribution in [2.75, 3.05) is 33.2 Å². The summed E-state index contributed by atoms with van der Waals surface area (Å²) in [6.45, 7) is 3.93. The lowest BCUT2D eigenvalue weighted by molar-refractivity contribution is -0.137. The molecule has 1 aromatic heterocycles. The van der Waals surface area contributed by atoms with Gasteiger partial charge in [0, 0.05) is 31.6 Å². The Labute approximate surface area is 198 Å². The molecule has 2 fully saturated rings. The zero-order valence-corrected chi connectivity index (χ0v) is 19.3. The van der Waals surface area contributed by atoms with Crippen LogP contribution in [-0.4, -0.2) is 64.9 Å². The van der Waals surface area contributed by atoms with Crippen molar-refractivity contribution < 1.29 is 23.5 Å². The van der Waals surface area contributed by atoms with Gasteiger partial charge in [-0.15, -0.1) is 0 Å². The quantitative estimate of drug-likeness (QED) is 0.600. The fraction of sp³-hybridized carbons (Fsp3) is 0.520. The van der Waals surface area contributed by atoms with E-state index in [1.165, 1.54) is 12.8 Å². The third-order valence-corrected chi connectivity index (χ3v) is 7.26. The number of nitrogens with zero attached hydrogens (tertiary/aromatic N) is 4. The molecule has 2 aliphatic heterocycles. The summed E-state index contributed by atoms with van der Waals surface area (Å²) in [5.41, 5.74) is 0.590. The van der Waals surface area contributed by atoms with Gasteiger partial charge in [0.2, 0.25) is 5.91 Å². The first-order chi connectivity index (χ1) is 16.4. The minimum atomic E-state index is -0.692. The average Bonchev–Trinajstić information content (AvgIpc) is 3.46. The molecule has 3 heterocycles. The first-order valence-corrected chi connectivity index (χ1v) is 11.9. The highest BCUT2D eigenvalue weighted by Gasteiger charge is 2.48. The lowest BCUT2D eigenvalue weighted by Gasteiger charge is -2.37. The number of carbonyl (C=O) groups excluding carboxylic acids is 2. The third kappa shape index (κ3) is 4.49. The van der Waals surface area contributed by atoms with Crippen molar-refractivity contribution >= 4 is 11.9 Å². The summed E-state index contributed by atoms with van der Waals surface area (Å²) in [5.74, 6) is -0.439. The Bertz CT molecular complexity index is 1060. The molecule has 1 amide bonds. The van der Waals surface area contributed by atoms with Crippen LogP contribution in [0.25, 0.3) is 0 Å². The van der Waals surface area contributed by atoms with Crippen LogP contribution in [0.2, 0.25) is 0 Å². The van der Waals surface area contributed by atoms with Crippen LogP contribution in [0.4, 0.5) is 4.39 Å². The van der Waals surface area contributed by atoms with Crippen molar-refractivity contribution in [2.24, 2.45) is 5.92 Å². The monoisotopic (exact) mass is 468 g/mol. The van der Waals surface area contributed by atoms with Gasteiger partial charge in [-0.3, -0.25) is 4.79 Å². The average molecular weight is 469 g/mol. The second-order valence-electron chi connectivity index (χ2n) is 9.46. The summed E-state index contributed by atoms with van der Waals surface area (Å²) < 4.78 is 24.5. The highest BCUT2D eigenvalue weighted by atomic mass is 19.1. The molecule has 1 saturated heterocycles. The van der Waals surface area contributed by atoms with Crippen molar-refractivity contribution in [3.8, 4) is 11.8 Å². The molecule has 180 valence electrons. The molecular weight excluding hydrogens is 439 g/mol. The first kappa shape index (κ1) is 22.7. The number of halogens is 1. The Hall–Kier alpha value is -3.07. The van der Waals surface area contributed by atoms with Crippen LogP contribution in [0.15, 0.2) is 30.6 Å². The van der Waals surface area contributed by atoms with Crippen molar-refractivity contribution in [1.29, 1.82) is 0 Å². The number of rotatable bonds is 6. The van der Waals surface area contributed by atoms with Crippen LogP contribution in [-0.2, 0) is 15.1 Å². The maximum absolute atomic E-state index is 13.0. The van der Waals surface area contributed by atoms with Gasteiger partial charge in [0.05, 0.1) is 18.0 Å². The standard InChI is InChI=1S/C25H29FN4O4/c1-29(12-13-30-10-2-3-11-30)22(31)17-6-8-25(9-7-17)21-5-4-19(14-20(21)23(32)34-25)33-24-27-15-18(26)16-28-24/h4-5,14-17H,2-3,6-13H2,1H3. The fourth-order valence-electron chi connectivity index (χ4n) is 5.32. The number of carbonyl (C=O) groups is 2. The maximum atomic E-state index is 13.0. The zero-order chi connectivity index (χ0) is 23.7. The van der Waals surface area contributed by atoms with Gasteiger partial charge in [0.25, 0.3) is 0 Å². The van der Waals surface area contributed by atoms with Gasteiger partial charge in [-0.25, -0.2) is 19.2 Å². The number of ether oxygens (including phenoxy) is 2. The number of hydrogen-bond acceptors (Lipinski definition) is 7. The molecule has 1 spiro atoms. The van der Waals surface area contributed by atoms with Crippen LogP contribution in [0.1, 0.15) is 54.4 Å². The second kappa shape index (κ2) is 9.29. The Morgan fingerprint density at radius 1 is 1.24 bits per heavy atom. The highest BCUT2D eigenvalue weighted by molar-refractivity contribution is 5.95. The number of benzene rings is 1. The van der Waals surface area contributed by atoms with Gasteiger partial charge in [0.15, 0.2) is 5.82 Å². The molecule has 0 bridgehead atoms. The Kier molecular flexibility index (Phi) is 6.20. The van der Waals surface area contributed by atoms with Gasteiger partial charge in [-0.05, 0) is 63.7 Å². The number of fused-ring (bicyclic) bond motifs is 2. The normalized spacial score (nSPS) is 24.2. The highest BCUT2D eigenvalue weighted by Crippen LogP contribution is 2.49. The molecule has 1 aromatic carbocycles. The Balaban J connectivity index is 1.22. The molecular formula is C25H29FN4O4. The van der Waals surface area contributed by atoms with Gasteiger partial charge in [0.1, 0.15) is 11.4 Å². The van der Waals surface area contributed by atoms with E-state index in [4.69, 9.17) is 9.47 Å². The largest absolute Gasteiger partial charge is 0.451 e. The molecule has 0 unspecified atom stereocenters. The molecule has 1 aliphatic carbocycles. The topological polar surface area (TPSA) is 84.9 Å². The minimum absolute atomic E-state index is 0.00435. The summed E-state index contributed by atoms with van der Waals surface area (Å²) in [6, 6.07) is 5.18. The predicted octanol–water partition coefficient (Wildman–Crippen LogP) is 3.52. The van der Waals surface area contributed by atoms with Crippen LogP contribution >= 0.6 is 0 Å². The Morgan fingerprint density at radius 2 is 1.94 bits per heavy atom. The molecule has 9 heteroatoms. The second-order valence-corrected chi connectivity index (χ2v) is 9.46. The molecule has 1 saturated carbocycles. The number of esters is 1. The van der Waals surface area contributed by atoms with E-state index >= 15 is 0 Å². The van der Waals surface area contributed by atoms with Gasteiger partial charge < -0.3 is 19.3 Å². The lowest BCUT2D eigenvalue weighted by Crippen LogP contribution is -2.41. The number of amides is 1. The van der Waals surface area contributed by atoms with E-state index in [0.29, 0.717) is 37.0 Å². The summed E-state index contributed by atoms with van der Waals surface area (Å²) in [6.07, 6.45) is 7.12. The van der Waals surface area contributed by atoms with Gasteiger partial charge >= 0.3 is 12.0 Å². The molecule has 8 nitrogen and oxygen atoms in total. The molecule has 2 aromatic rings. The zero-order valence-electron chi connectivity index (χ0n) is 19.3.